The van der Waals surface area contributed by atoms with E-state index in [1.54, 1.807) is 0 Å². The smallest absolute Gasteiger partial charge is 0.0726 e. The molecule has 0 unspecified atom stereocenters. The molecule has 7 aromatic carbocycles. The third-order valence-electron chi connectivity index (χ3n) is 13.7. The average molecular weight is 841 g/mol. The van der Waals surface area contributed by atoms with E-state index in [2.05, 4.69) is 241 Å². The Hall–Kier alpha value is -7.66. The lowest BCUT2D eigenvalue weighted by atomic mass is 9.69. The van der Waals surface area contributed by atoms with Crippen LogP contribution in [0.3, 0.4) is 0 Å². The van der Waals surface area contributed by atoms with Crippen molar-refractivity contribution in [2.75, 3.05) is 12.1 Å². The van der Waals surface area contributed by atoms with Crippen LogP contribution in [0.25, 0.3) is 67.2 Å². The van der Waals surface area contributed by atoms with E-state index >= 15 is 0 Å². The summed E-state index contributed by atoms with van der Waals surface area (Å²) in [7, 11) is 0. The van der Waals surface area contributed by atoms with E-state index in [9.17, 15) is 0 Å². The molecule has 9 aromatic rings. The molecule has 1 spiro atoms. The molecule has 0 bridgehead atoms. The molecule has 0 fully saturated rings. The van der Waals surface area contributed by atoms with Crippen LogP contribution in [0.5, 0.6) is 0 Å². The first-order valence-electron chi connectivity index (χ1n) is 22.9. The summed E-state index contributed by atoms with van der Waals surface area (Å²) in [5.74, 6) is 0. The highest BCUT2D eigenvalue weighted by Crippen LogP contribution is 2.63. The number of benzene rings is 7. The second kappa shape index (κ2) is 16.5. The number of rotatable bonds is 13. The fourth-order valence-electron chi connectivity index (χ4n) is 11.1. The number of fused-ring (bicyclic) bond motifs is 11. The molecule has 0 saturated heterocycles. The van der Waals surface area contributed by atoms with Crippen LogP contribution in [0, 0.1) is 0 Å². The van der Waals surface area contributed by atoms with Crippen LogP contribution in [-0.2, 0) is 18.4 Å². The Balaban J connectivity index is 0.993. The molecular formula is C61H52N4. The average Bonchev–Trinajstić information content (AvgIpc) is 4.02. The predicted molar refractivity (Wildman–Crippen MR) is 276 cm³/mol. The normalized spacial score (nSPS) is 13.8. The molecule has 2 aliphatic rings. The number of aromatic nitrogens is 2. The molecular weight excluding hydrogens is 789 g/mol. The van der Waals surface area contributed by atoms with Gasteiger partial charge in [-0.25, -0.2) is 9.69 Å². The first-order chi connectivity index (χ1) is 32.1. The SMILES string of the molecule is C=CC1=C(/C=C\C)C2(c3cc4c(cc31)c(C=C)c(/C=C\C)n4-c1cccc(CCCN(Cc3ccccc3)Nn3c4ccccc4c4ccccc43)c1)c1ccccc1-c1ccccc12. The summed E-state index contributed by atoms with van der Waals surface area (Å²) in [6, 6.07) is 60.1. The summed E-state index contributed by atoms with van der Waals surface area (Å²) >= 11 is 0. The predicted octanol–water partition coefficient (Wildman–Crippen LogP) is 14.9. The Morgan fingerprint density at radius 3 is 1.86 bits per heavy atom. The van der Waals surface area contributed by atoms with Crippen molar-refractivity contribution in [3.05, 3.63) is 251 Å². The van der Waals surface area contributed by atoms with Crippen LogP contribution in [0.1, 0.15) is 64.9 Å². The molecule has 65 heavy (non-hydrogen) atoms. The van der Waals surface area contributed by atoms with E-state index in [0.717, 1.165) is 42.9 Å². The van der Waals surface area contributed by atoms with Crippen LogP contribution in [0.2, 0.25) is 0 Å². The maximum Gasteiger partial charge on any atom is 0.0726 e. The van der Waals surface area contributed by atoms with Crippen molar-refractivity contribution in [2.24, 2.45) is 0 Å². The van der Waals surface area contributed by atoms with E-state index < -0.39 is 5.41 Å². The van der Waals surface area contributed by atoms with E-state index in [1.165, 1.54) is 88.4 Å². The molecule has 1 N–H and O–H groups in total. The Morgan fingerprint density at radius 1 is 0.569 bits per heavy atom. The Bertz CT molecular complexity index is 3330. The van der Waals surface area contributed by atoms with Gasteiger partial charge in [0.15, 0.2) is 0 Å². The van der Waals surface area contributed by atoms with Crippen molar-refractivity contribution in [3.63, 3.8) is 0 Å². The number of hydrogen-bond donors (Lipinski definition) is 1. The van der Waals surface area contributed by atoms with Gasteiger partial charge in [0.2, 0.25) is 0 Å². The number of para-hydroxylation sites is 2. The van der Waals surface area contributed by atoms with Crippen LogP contribution < -0.4 is 5.53 Å². The lowest BCUT2D eigenvalue weighted by molar-refractivity contribution is 0.283. The van der Waals surface area contributed by atoms with Gasteiger partial charge in [0.1, 0.15) is 0 Å². The molecule has 0 amide bonds. The highest BCUT2D eigenvalue weighted by Gasteiger charge is 2.52. The molecule has 0 radical (unpaired) electrons. The number of aryl methyl sites for hydroxylation is 1. The second-order valence-corrected chi connectivity index (χ2v) is 17.3. The minimum Gasteiger partial charge on any atom is -0.309 e. The molecule has 11 rings (SSSR count). The molecule has 0 saturated carbocycles. The van der Waals surface area contributed by atoms with E-state index in [4.69, 9.17) is 0 Å². The van der Waals surface area contributed by atoms with E-state index in [1.807, 2.05) is 6.08 Å². The first-order valence-corrected chi connectivity index (χ1v) is 22.9. The largest absolute Gasteiger partial charge is 0.309 e. The minimum atomic E-state index is -0.488. The van der Waals surface area contributed by atoms with Gasteiger partial charge in [-0.1, -0.05) is 171 Å². The molecule has 2 heterocycles. The van der Waals surface area contributed by atoms with Crippen molar-refractivity contribution >= 4 is 50.4 Å². The van der Waals surface area contributed by atoms with Gasteiger partial charge in [0.25, 0.3) is 0 Å². The van der Waals surface area contributed by atoms with Gasteiger partial charge in [-0.2, -0.15) is 0 Å². The summed E-state index contributed by atoms with van der Waals surface area (Å²) in [5, 5.41) is 6.03. The number of hydrazine groups is 1. The van der Waals surface area contributed by atoms with Crippen LogP contribution in [0.15, 0.2) is 207 Å². The Labute approximate surface area is 382 Å². The fourth-order valence-corrected chi connectivity index (χ4v) is 11.1. The van der Waals surface area contributed by atoms with Crippen molar-refractivity contribution in [2.45, 2.75) is 38.6 Å². The maximum atomic E-state index is 4.43. The molecule has 0 atom stereocenters. The maximum absolute atomic E-state index is 4.43. The summed E-state index contributed by atoms with van der Waals surface area (Å²) in [4.78, 5) is 0. The van der Waals surface area contributed by atoms with Crippen molar-refractivity contribution in [1.29, 1.82) is 0 Å². The summed E-state index contributed by atoms with van der Waals surface area (Å²) in [6.07, 6.45) is 14.9. The molecule has 4 nitrogen and oxygen atoms in total. The zero-order valence-electron chi connectivity index (χ0n) is 37.1. The van der Waals surface area contributed by atoms with Crippen LogP contribution >= 0.6 is 0 Å². The zero-order valence-corrected chi connectivity index (χ0v) is 37.1. The van der Waals surface area contributed by atoms with Crippen LogP contribution in [0.4, 0.5) is 0 Å². The summed E-state index contributed by atoms with van der Waals surface area (Å²) in [6.45, 7) is 14.7. The fraction of sp³-hybridized carbons (Fsp3) is 0.115. The number of nitrogens with one attached hydrogen (secondary N) is 1. The van der Waals surface area contributed by atoms with Gasteiger partial charge in [-0.05, 0) is 125 Å². The Kier molecular flexibility index (Phi) is 10.2. The molecule has 4 heteroatoms. The number of hydrogen-bond acceptors (Lipinski definition) is 2. The highest BCUT2D eigenvalue weighted by atomic mass is 15.7. The van der Waals surface area contributed by atoms with Gasteiger partial charge >= 0.3 is 0 Å². The summed E-state index contributed by atoms with van der Waals surface area (Å²) < 4.78 is 4.72. The van der Waals surface area contributed by atoms with Gasteiger partial charge in [0.05, 0.1) is 27.7 Å². The van der Waals surface area contributed by atoms with Crippen LogP contribution in [-0.4, -0.2) is 20.8 Å². The van der Waals surface area contributed by atoms with E-state index in [0.29, 0.717) is 0 Å². The van der Waals surface area contributed by atoms with Crippen molar-refractivity contribution in [1.82, 2.24) is 14.3 Å². The van der Waals surface area contributed by atoms with Crippen molar-refractivity contribution < 1.29 is 0 Å². The zero-order chi connectivity index (χ0) is 44.1. The molecule has 2 aromatic heterocycles. The second-order valence-electron chi connectivity index (χ2n) is 17.3. The highest BCUT2D eigenvalue weighted by molar-refractivity contribution is 6.08. The lowest BCUT2D eigenvalue weighted by Crippen LogP contribution is -2.36. The standard InChI is InChI=1S/C61H52N4/c1-5-22-53-45(7-3)51-39-52-46(8-4)57(23-6-2)64(60(52)40-56(51)61(53)54-33-16-12-29-47(54)48-30-13-17-34-55(48)61)44-28-20-26-42(38-44)27-21-37-63(41-43-24-10-9-11-25-43)62-65-58-35-18-14-31-49(58)50-32-15-19-36-59(50)65/h5-20,22-26,28-36,38-40,62H,3-4,21,27,37,41H2,1-2H3/b22-5-,23-6-. The lowest BCUT2D eigenvalue weighted by Gasteiger charge is -2.31. The van der Waals surface area contributed by atoms with Gasteiger partial charge in [0, 0.05) is 40.5 Å². The molecule has 316 valence electrons. The van der Waals surface area contributed by atoms with Crippen molar-refractivity contribution in [3.8, 4) is 16.8 Å². The topological polar surface area (TPSA) is 25.1 Å². The number of nitrogens with zero attached hydrogens (tertiary/aromatic N) is 3. The monoisotopic (exact) mass is 840 g/mol. The van der Waals surface area contributed by atoms with E-state index in [-0.39, 0.29) is 0 Å². The molecule has 2 aliphatic carbocycles. The minimum absolute atomic E-state index is 0.488. The third-order valence-corrected chi connectivity index (χ3v) is 13.7. The third kappa shape index (κ3) is 6.31. The molecule has 0 aliphatic heterocycles. The summed E-state index contributed by atoms with van der Waals surface area (Å²) in [5.41, 5.74) is 23.0. The van der Waals surface area contributed by atoms with Gasteiger partial charge < -0.3 is 4.57 Å². The first kappa shape index (κ1) is 40.1. The quantitative estimate of drug-likeness (QED) is 0.117. The van der Waals surface area contributed by atoms with Gasteiger partial charge in [-0.3, -0.25) is 5.53 Å². The number of allylic oxidation sites excluding steroid dienone is 6. The van der Waals surface area contributed by atoms with Gasteiger partial charge in [-0.15, -0.1) is 0 Å². The Morgan fingerprint density at radius 2 is 1.20 bits per heavy atom.